The van der Waals surface area contributed by atoms with E-state index in [4.69, 9.17) is 14.1 Å². The molecule has 0 saturated heterocycles. The summed E-state index contributed by atoms with van der Waals surface area (Å²) in [4.78, 5) is 17.3. The molecule has 1 heterocycles. The largest absolute Gasteiger partial charge is 0.460 e. The fraction of sp³-hybridized carbons (Fsp3) is 0.0556. The average Bonchev–Trinajstić information content (AvgIpc) is 3.50. The third-order valence-electron chi connectivity index (χ3n) is 6.72. The van der Waals surface area contributed by atoms with E-state index in [9.17, 15) is 4.79 Å². The minimum atomic E-state index is -0.318. The van der Waals surface area contributed by atoms with Crippen molar-refractivity contribution in [3.63, 3.8) is 0 Å². The normalized spacial score (nSPS) is 10.7. The molecule has 0 aliphatic rings. The first-order valence-electron chi connectivity index (χ1n) is 13.5. The Morgan fingerprint density at radius 2 is 1.27 bits per heavy atom. The molecule has 0 fully saturated rings. The van der Waals surface area contributed by atoms with Crippen molar-refractivity contribution in [1.29, 1.82) is 0 Å². The van der Waals surface area contributed by atoms with Gasteiger partial charge in [-0.15, -0.1) is 0 Å². The minimum Gasteiger partial charge on any atom is -0.460 e. The van der Waals surface area contributed by atoms with Crippen molar-refractivity contribution in [2.24, 2.45) is 0 Å². The molecule has 0 amide bonds. The Morgan fingerprint density at radius 3 is 2.00 bits per heavy atom. The Balaban J connectivity index is 1.27. The summed E-state index contributed by atoms with van der Waals surface area (Å²) in [5.74, 6) is 0.952. The molecule has 5 aromatic carbocycles. The molecule has 0 unspecified atom stereocenters. The van der Waals surface area contributed by atoms with Crippen LogP contribution >= 0.6 is 0 Å². The van der Waals surface area contributed by atoms with Crippen molar-refractivity contribution in [3.8, 4) is 45.2 Å². The second-order valence-corrected chi connectivity index (χ2v) is 9.56. The highest BCUT2D eigenvalue weighted by Gasteiger charge is 2.20. The van der Waals surface area contributed by atoms with Crippen LogP contribution in [0.15, 0.2) is 144 Å². The predicted molar refractivity (Wildman–Crippen MR) is 163 cm³/mol. The molecule has 6 aromatic rings. The smallest absolute Gasteiger partial charge is 0.325 e. The van der Waals surface area contributed by atoms with E-state index >= 15 is 0 Å². The maximum Gasteiger partial charge on any atom is 0.325 e. The monoisotopic (exact) mass is 536 g/mol. The summed E-state index contributed by atoms with van der Waals surface area (Å²) in [6, 6.07) is 45.8. The number of nitrogens with zero attached hydrogens (tertiary/aromatic N) is 1. The fourth-order valence-corrected chi connectivity index (χ4v) is 4.69. The van der Waals surface area contributed by atoms with Gasteiger partial charge in [0.1, 0.15) is 18.8 Å². The first kappa shape index (κ1) is 25.8. The van der Waals surface area contributed by atoms with E-state index in [0.29, 0.717) is 5.89 Å². The van der Waals surface area contributed by atoms with Gasteiger partial charge < -0.3 is 14.5 Å². The fourth-order valence-electron chi connectivity index (χ4n) is 4.69. The number of oxazole rings is 1. The molecule has 200 valence electrons. The number of carbonyl (C=O) groups is 1. The lowest BCUT2D eigenvalue weighted by molar-refractivity contribution is -0.142. The number of hydrogen-bond donors (Lipinski definition) is 1. The van der Waals surface area contributed by atoms with E-state index in [1.807, 2.05) is 133 Å². The molecule has 1 N–H and O–H groups in total. The van der Waals surface area contributed by atoms with E-state index in [1.165, 1.54) is 0 Å². The summed E-state index contributed by atoms with van der Waals surface area (Å²) in [6.07, 6.45) is 0. The van der Waals surface area contributed by atoms with Crippen LogP contribution in [-0.4, -0.2) is 17.5 Å². The molecular weight excluding hydrogens is 508 g/mol. The Kier molecular flexibility index (Phi) is 7.68. The van der Waals surface area contributed by atoms with E-state index in [0.717, 1.165) is 50.5 Å². The van der Waals surface area contributed by atoms with Crippen LogP contribution in [0.3, 0.4) is 0 Å². The molecule has 0 atom stereocenters. The second kappa shape index (κ2) is 12.2. The molecule has 0 aliphatic heterocycles. The van der Waals surface area contributed by atoms with Gasteiger partial charge in [0.05, 0.1) is 0 Å². The highest BCUT2D eigenvalue weighted by atomic mass is 16.5. The number of anilines is 1. The molecule has 5 nitrogen and oxygen atoms in total. The Labute approximate surface area is 239 Å². The zero-order chi connectivity index (χ0) is 27.9. The average molecular weight is 537 g/mol. The second-order valence-electron chi connectivity index (χ2n) is 9.56. The van der Waals surface area contributed by atoms with Crippen molar-refractivity contribution in [2.45, 2.75) is 6.61 Å². The topological polar surface area (TPSA) is 64.4 Å². The lowest BCUT2D eigenvalue weighted by atomic mass is 9.99. The van der Waals surface area contributed by atoms with E-state index < -0.39 is 0 Å². The van der Waals surface area contributed by atoms with Gasteiger partial charge in [-0.1, -0.05) is 121 Å². The minimum absolute atomic E-state index is 0.0680. The van der Waals surface area contributed by atoms with Crippen LogP contribution in [0, 0.1) is 0 Å². The van der Waals surface area contributed by atoms with Gasteiger partial charge in [-0.25, -0.2) is 4.98 Å². The summed E-state index contributed by atoms with van der Waals surface area (Å²) in [6.45, 7) is 0.319. The lowest BCUT2D eigenvalue weighted by Crippen LogP contribution is -2.16. The number of carbonyl (C=O) groups excluding carboxylic acids is 1. The van der Waals surface area contributed by atoms with Gasteiger partial charge in [-0.2, -0.15) is 0 Å². The molecule has 0 radical (unpaired) electrons. The summed E-state index contributed by atoms with van der Waals surface area (Å²) in [7, 11) is 0. The molecule has 0 saturated carbocycles. The predicted octanol–water partition coefficient (Wildman–Crippen LogP) is 8.50. The number of hydrogen-bond acceptors (Lipinski definition) is 5. The van der Waals surface area contributed by atoms with Crippen molar-refractivity contribution < 1.29 is 13.9 Å². The number of esters is 1. The quantitative estimate of drug-likeness (QED) is 0.188. The zero-order valence-corrected chi connectivity index (χ0v) is 22.4. The van der Waals surface area contributed by atoms with Crippen LogP contribution in [0.1, 0.15) is 5.56 Å². The van der Waals surface area contributed by atoms with Crippen LogP contribution in [0.25, 0.3) is 45.2 Å². The maximum absolute atomic E-state index is 12.3. The van der Waals surface area contributed by atoms with Crippen LogP contribution in [0.5, 0.6) is 0 Å². The van der Waals surface area contributed by atoms with Gasteiger partial charge in [-0.3, -0.25) is 4.79 Å². The van der Waals surface area contributed by atoms with Crippen molar-refractivity contribution in [2.75, 3.05) is 11.9 Å². The molecular formula is C36H28N2O3. The Bertz CT molecular complexity index is 1690. The van der Waals surface area contributed by atoms with Crippen LogP contribution in [0.4, 0.5) is 5.69 Å². The van der Waals surface area contributed by atoms with Crippen LogP contribution < -0.4 is 5.32 Å². The van der Waals surface area contributed by atoms with Gasteiger partial charge in [0.2, 0.25) is 5.89 Å². The molecule has 0 bridgehead atoms. The molecule has 6 rings (SSSR count). The molecule has 0 spiro atoms. The summed E-state index contributed by atoms with van der Waals surface area (Å²) in [5, 5.41) is 3.19. The van der Waals surface area contributed by atoms with Gasteiger partial charge in [-0.05, 0) is 34.9 Å². The molecule has 5 heteroatoms. The third-order valence-corrected chi connectivity index (χ3v) is 6.72. The highest BCUT2D eigenvalue weighted by molar-refractivity contribution is 5.85. The summed E-state index contributed by atoms with van der Waals surface area (Å²) < 4.78 is 11.9. The van der Waals surface area contributed by atoms with Crippen molar-refractivity contribution in [3.05, 3.63) is 145 Å². The number of rotatable bonds is 9. The lowest BCUT2D eigenvalue weighted by Gasteiger charge is -2.11. The number of ether oxygens (including phenoxy) is 1. The van der Waals surface area contributed by atoms with Crippen LogP contribution in [-0.2, 0) is 16.1 Å². The third kappa shape index (κ3) is 6.10. The summed E-state index contributed by atoms with van der Waals surface area (Å²) in [5.41, 5.74) is 7.36. The maximum atomic E-state index is 12.3. The first-order valence-corrected chi connectivity index (χ1v) is 13.5. The van der Waals surface area contributed by atoms with E-state index in [1.54, 1.807) is 0 Å². The Hall–Kier alpha value is -5.42. The van der Waals surface area contributed by atoms with Gasteiger partial charge >= 0.3 is 5.97 Å². The van der Waals surface area contributed by atoms with Crippen LogP contribution in [0.2, 0.25) is 0 Å². The van der Waals surface area contributed by atoms with Gasteiger partial charge in [0, 0.05) is 22.4 Å². The first-order chi connectivity index (χ1) is 20.2. The van der Waals surface area contributed by atoms with E-state index in [-0.39, 0.29) is 19.1 Å². The molecule has 1 aromatic heterocycles. The zero-order valence-electron chi connectivity index (χ0n) is 22.4. The van der Waals surface area contributed by atoms with Gasteiger partial charge in [0.25, 0.3) is 0 Å². The van der Waals surface area contributed by atoms with E-state index in [2.05, 4.69) is 11.4 Å². The highest BCUT2D eigenvalue weighted by Crippen LogP contribution is 2.39. The number of benzene rings is 5. The Morgan fingerprint density at radius 1 is 0.659 bits per heavy atom. The summed E-state index contributed by atoms with van der Waals surface area (Å²) >= 11 is 0. The molecule has 0 aliphatic carbocycles. The number of nitrogens with one attached hydrogen (secondary N) is 1. The SMILES string of the molecule is O=C(CNc1cccc(-c2ccccc2-c2nc(-c3ccccc3)c(-c3ccccc3)o2)c1)OCc1ccccc1. The van der Waals surface area contributed by atoms with Gasteiger partial charge in [0.15, 0.2) is 5.76 Å². The standard InChI is InChI=1S/C36H28N2O3/c39-33(40-25-26-13-4-1-5-14-26)24-37-30-20-12-19-29(23-30)31-21-10-11-22-32(31)36-38-34(27-15-6-2-7-16-27)35(41-36)28-17-8-3-9-18-28/h1-23,37H,24-25H2. The number of aromatic nitrogens is 1. The molecule has 41 heavy (non-hydrogen) atoms. The van der Waals surface area contributed by atoms with Crippen molar-refractivity contribution in [1.82, 2.24) is 4.98 Å². The van der Waals surface area contributed by atoms with Crippen molar-refractivity contribution >= 4 is 11.7 Å².